The molecule has 0 unspecified atom stereocenters. The highest BCUT2D eigenvalue weighted by atomic mass is 15.0. The van der Waals surface area contributed by atoms with Gasteiger partial charge < -0.3 is 4.57 Å². The van der Waals surface area contributed by atoms with E-state index in [1.54, 1.807) is 0 Å². The fraction of sp³-hybridized carbons (Fsp3) is 0. The molecule has 224 valence electrons. The second-order valence-electron chi connectivity index (χ2n) is 12.1. The number of fused-ring (bicyclic) bond motifs is 8. The van der Waals surface area contributed by atoms with Crippen LogP contribution in [0, 0.1) is 0 Å². The molecule has 10 rings (SSSR count). The van der Waals surface area contributed by atoms with Gasteiger partial charge >= 0.3 is 0 Å². The van der Waals surface area contributed by atoms with Crippen molar-refractivity contribution < 1.29 is 0 Å². The van der Waals surface area contributed by atoms with Crippen LogP contribution in [0.1, 0.15) is 0 Å². The number of hydrogen-bond donors (Lipinski definition) is 0. The predicted molar refractivity (Wildman–Crippen MR) is 196 cm³/mol. The van der Waals surface area contributed by atoms with Crippen LogP contribution in [0.2, 0.25) is 0 Å². The van der Waals surface area contributed by atoms with E-state index in [0.29, 0.717) is 0 Å². The van der Waals surface area contributed by atoms with Crippen molar-refractivity contribution in [3.05, 3.63) is 164 Å². The Morgan fingerprint density at radius 3 is 1.92 bits per heavy atom. The molecule has 0 saturated carbocycles. The summed E-state index contributed by atoms with van der Waals surface area (Å²) in [5.41, 5.74) is 12.5. The van der Waals surface area contributed by atoms with Crippen molar-refractivity contribution in [2.75, 3.05) is 0 Å². The van der Waals surface area contributed by atoms with Gasteiger partial charge in [-0.3, -0.25) is 4.40 Å². The molecule has 0 aliphatic rings. The molecule has 48 heavy (non-hydrogen) atoms. The first-order chi connectivity index (χ1) is 23.8. The third-order valence-electron chi connectivity index (χ3n) is 9.33. The zero-order valence-electron chi connectivity index (χ0n) is 25.8. The van der Waals surface area contributed by atoms with Gasteiger partial charge in [-0.25, -0.2) is 15.0 Å². The molecule has 0 N–H and O–H groups in total. The average molecular weight is 614 g/mol. The molecule has 4 aromatic heterocycles. The number of hydrogen-bond acceptors (Lipinski definition) is 3. The van der Waals surface area contributed by atoms with E-state index in [4.69, 9.17) is 15.0 Å². The Labute approximate surface area is 276 Å². The van der Waals surface area contributed by atoms with E-state index >= 15 is 0 Å². The fourth-order valence-electron chi connectivity index (χ4n) is 7.11. The number of para-hydroxylation sites is 1. The number of nitrogens with zero attached hydrogens (tertiary/aromatic N) is 5. The van der Waals surface area contributed by atoms with Crippen LogP contribution in [0.4, 0.5) is 0 Å². The minimum absolute atomic E-state index is 0.719. The van der Waals surface area contributed by atoms with Crippen LogP contribution in [-0.2, 0) is 0 Å². The molecule has 0 saturated heterocycles. The van der Waals surface area contributed by atoms with E-state index in [9.17, 15) is 0 Å². The molecule has 0 spiro atoms. The summed E-state index contributed by atoms with van der Waals surface area (Å²) in [7, 11) is 0. The van der Waals surface area contributed by atoms with Gasteiger partial charge in [-0.05, 0) is 59.7 Å². The second-order valence-corrected chi connectivity index (χ2v) is 12.1. The quantitative estimate of drug-likeness (QED) is 0.198. The lowest BCUT2D eigenvalue weighted by molar-refractivity contribution is 1.18. The summed E-state index contributed by atoms with van der Waals surface area (Å²) < 4.78 is 4.54. The van der Waals surface area contributed by atoms with E-state index in [1.807, 2.05) is 30.3 Å². The standard InChI is InChI=1S/C43H27N5/c1-4-12-28(13-5-1)31-24-25-47-38-23-22-37-40(42(38)45-39(47)26-31)33-18-10-11-19-36(33)48(37)32-20-21-35-34(27-32)41(29-14-6-2-7-15-29)46-43(44-35)30-16-8-3-9-17-30/h1-27H. The van der Waals surface area contributed by atoms with Crippen LogP contribution in [0.15, 0.2) is 164 Å². The average Bonchev–Trinajstić information content (AvgIpc) is 3.70. The van der Waals surface area contributed by atoms with Crippen molar-refractivity contribution in [1.29, 1.82) is 0 Å². The van der Waals surface area contributed by atoms with Gasteiger partial charge in [0.05, 0.1) is 33.3 Å². The van der Waals surface area contributed by atoms with E-state index in [0.717, 1.165) is 77.9 Å². The van der Waals surface area contributed by atoms with Crippen molar-refractivity contribution in [1.82, 2.24) is 23.9 Å². The minimum Gasteiger partial charge on any atom is -0.309 e. The van der Waals surface area contributed by atoms with E-state index < -0.39 is 0 Å². The van der Waals surface area contributed by atoms with Crippen molar-refractivity contribution >= 4 is 49.4 Å². The van der Waals surface area contributed by atoms with Crippen molar-refractivity contribution in [2.24, 2.45) is 0 Å². The highest BCUT2D eigenvalue weighted by molar-refractivity contribution is 6.20. The maximum Gasteiger partial charge on any atom is 0.160 e. The third-order valence-corrected chi connectivity index (χ3v) is 9.33. The van der Waals surface area contributed by atoms with Gasteiger partial charge in [0.15, 0.2) is 5.82 Å². The van der Waals surface area contributed by atoms with Crippen LogP contribution >= 0.6 is 0 Å². The highest BCUT2D eigenvalue weighted by Crippen LogP contribution is 2.39. The fourth-order valence-corrected chi connectivity index (χ4v) is 7.11. The number of rotatable bonds is 4. The van der Waals surface area contributed by atoms with Crippen LogP contribution < -0.4 is 0 Å². The normalized spacial score (nSPS) is 11.8. The van der Waals surface area contributed by atoms with Gasteiger partial charge in [0.25, 0.3) is 0 Å². The molecule has 10 aromatic rings. The topological polar surface area (TPSA) is 48.0 Å². The monoisotopic (exact) mass is 613 g/mol. The summed E-state index contributed by atoms with van der Waals surface area (Å²) in [6, 6.07) is 55.0. The zero-order chi connectivity index (χ0) is 31.6. The lowest BCUT2D eigenvalue weighted by Crippen LogP contribution is -1.98. The summed E-state index contributed by atoms with van der Waals surface area (Å²) in [6.07, 6.45) is 2.14. The zero-order valence-corrected chi connectivity index (χ0v) is 25.8. The number of aromatic nitrogens is 5. The largest absolute Gasteiger partial charge is 0.309 e. The van der Waals surface area contributed by atoms with Gasteiger partial charge in [0, 0.05) is 39.2 Å². The molecular weight excluding hydrogens is 587 g/mol. The van der Waals surface area contributed by atoms with E-state index in [1.165, 1.54) is 10.9 Å². The van der Waals surface area contributed by atoms with Gasteiger partial charge in [0.1, 0.15) is 5.65 Å². The van der Waals surface area contributed by atoms with Crippen LogP contribution in [-0.4, -0.2) is 23.9 Å². The molecule has 0 radical (unpaired) electrons. The molecule has 0 aliphatic heterocycles. The Balaban J connectivity index is 1.22. The molecule has 0 bridgehead atoms. The molecule has 0 aliphatic carbocycles. The SMILES string of the molecule is c1ccc(-c2ccn3c(c2)nc2c4c5ccccc5n(-c5ccc6nc(-c7ccccc7)nc(-c7ccccc7)c6c5)c4ccc23)cc1. The van der Waals surface area contributed by atoms with Gasteiger partial charge in [-0.2, -0.15) is 0 Å². The smallest absolute Gasteiger partial charge is 0.160 e. The molecular formula is C43H27N5. The Bertz CT molecular complexity index is 2820. The maximum absolute atomic E-state index is 5.26. The van der Waals surface area contributed by atoms with Gasteiger partial charge in [0.2, 0.25) is 0 Å². The summed E-state index contributed by atoms with van der Waals surface area (Å²) in [5, 5.41) is 3.32. The van der Waals surface area contributed by atoms with Gasteiger partial charge in [-0.1, -0.05) is 109 Å². The lowest BCUT2D eigenvalue weighted by Gasteiger charge is -2.13. The molecule has 0 fully saturated rings. The third kappa shape index (κ3) is 4.08. The number of benzene rings is 6. The van der Waals surface area contributed by atoms with Gasteiger partial charge in [-0.15, -0.1) is 0 Å². The first kappa shape index (κ1) is 26.6. The maximum atomic E-state index is 5.26. The lowest BCUT2D eigenvalue weighted by atomic mass is 10.0. The van der Waals surface area contributed by atoms with Crippen LogP contribution in [0.3, 0.4) is 0 Å². The van der Waals surface area contributed by atoms with E-state index in [-0.39, 0.29) is 0 Å². The second kappa shape index (κ2) is 10.5. The summed E-state index contributed by atoms with van der Waals surface area (Å²) in [5.74, 6) is 0.719. The molecule has 5 heteroatoms. The molecule has 5 nitrogen and oxygen atoms in total. The molecule has 6 aromatic carbocycles. The first-order valence-corrected chi connectivity index (χ1v) is 16.1. The summed E-state index contributed by atoms with van der Waals surface area (Å²) in [6.45, 7) is 0. The van der Waals surface area contributed by atoms with Crippen LogP contribution in [0.25, 0.3) is 88.8 Å². The van der Waals surface area contributed by atoms with Crippen molar-refractivity contribution in [3.63, 3.8) is 0 Å². The highest BCUT2D eigenvalue weighted by Gasteiger charge is 2.19. The molecule has 0 atom stereocenters. The van der Waals surface area contributed by atoms with E-state index in [2.05, 4.69) is 143 Å². The number of imidazole rings is 1. The molecule has 0 amide bonds. The summed E-state index contributed by atoms with van der Waals surface area (Å²) >= 11 is 0. The number of pyridine rings is 1. The Kier molecular flexibility index (Phi) is 5.81. The Morgan fingerprint density at radius 1 is 0.438 bits per heavy atom. The Hall–Kier alpha value is -6.59. The molecule has 4 heterocycles. The minimum atomic E-state index is 0.719. The first-order valence-electron chi connectivity index (χ1n) is 16.1. The predicted octanol–water partition coefficient (Wildman–Crippen LogP) is 10.5. The summed E-state index contributed by atoms with van der Waals surface area (Å²) in [4.78, 5) is 15.4. The van der Waals surface area contributed by atoms with Crippen molar-refractivity contribution in [2.45, 2.75) is 0 Å². The van der Waals surface area contributed by atoms with Crippen molar-refractivity contribution in [3.8, 4) is 39.5 Å². The van der Waals surface area contributed by atoms with Crippen LogP contribution in [0.5, 0.6) is 0 Å². The Morgan fingerprint density at radius 2 is 1.12 bits per heavy atom.